The average Bonchev–Trinajstić information content (AvgIpc) is 2.89. The first kappa shape index (κ1) is 43.4. The lowest BCUT2D eigenvalue weighted by atomic mass is 10.1. The second-order valence-corrected chi connectivity index (χ2v) is 20.0. The molecule has 0 aliphatic heterocycles. The van der Waals surface area contributed by atoms with E-state index in [4.69, 9.17) is 9.05 Å². The Morgan fingerprint density at radius 2 is 0.725 bits per heavy atom. The van der Waals surface area contributed by atoms with Crippen LogP contribution in [0.1, 0.15) is 181 Å². The van der Waals surface area contributed by atoms with Crippen molar-refractivity contribution in [2.75, 3.05) is 38.6 Å². The summed E-state index contributed by atoms with van der Waals surface area (Å²) in [5, 5.41) is 0. The minimum atomic E-state index is -2.99. The molecule has 3 nitrogen and oxygen atoms in total. The summed E-state index contributed by atoms with van der Waals surface area (Å²) < 4.78 is 25.8. The molecule has 0 heterocycles. The Hall–Kier alpha value is 1.31. The molecule has 40 heavy (non-hydrogen) atoms. The van der Waals surface area contributed by atoms with Gasteiger partial charge in [0.1, 0.15) is 0 Å². The normalized spacial score (nSPS) is 12.1. The number of halogens is 1. The molecule has 0 aromatic rings. The molecule has 0 amide bonds. The molecule has 244 valence electrons. The van der Waals surface area contributed by atoms with E-state index in [2.05, 4.69) is 34.1 Å². The van der Waals surface area contributed by atoms with E-state index in [0.717, 1.165) is 19.3 Å². The highest BCUT2D eigenvalue weighted by atomic mass is 127. The Morgan fingerprint density at radius 3 is 1.00 bits per heavy atom. The van der Waals surface area contributed by atoms with Gasteiger partial charge in [-0.15, -0.1) is 0 Å². The molecule has 0 saturated carbocycles. The van der Waals surface area contributed by atoms with Crippen molar-refractivity contribution in [2.45, 2.75) is 181 Å². The molecule has 0 radical (unpaired) electrons. The van der Waals surface area contributed by atoms with Gasteiger partial charge in [0, 0.05) is 20.6 Å². The van der Waals surface area contributed by atoms with Crippen molar-refractivity contribution in [1.82, 2.24) is 0 Å². The topological polar surface area (TPSA) is 35.5 Å². The van der Waals surface area contributed by atoms with E-state index in [9.17, 15) is 4.57 Å². The summed E-state index contributed by atoms with van der Waals surface area (Å²) in [7, 11) is -4.24. The fraction of sp³-hybridized carbons (Fsp3) is 1.00. The monoisotopic (exact) mass is 718 g/mol. The van der Waals surface area contributed by atoms with Crippen molar-refractivity contribution in [2.24, 2.45) is 0 Å². The van der Waals surface area contributed by atoms with E-state index < -0.39 is 14.9 Å². The Labute approximate surface area is 271 Å². The number of hydrogen-bond donors (Lipinski definition) is 0. The van der Waals surface area contributed by atoms with Gasteiger partial charge in [0.2, 0.25) is 0 Å². The zero-order chi connectivity index (χ0) is 28.9. The van der Waals surface area contributed by atoms with Crippen LogP contribution in [0.5, 0.6) is 0 Å². The first-order valence-electron chi connectivity index (χ1n) is 17.6. The molecule has 0 aliphatic rings. The van der Waals surface area contributed by atoms with Crippen LogP contribution in [-0.2, 0) is 13.6 Å². The lowest BCUT2D eigenvalue weighted by Gasteiger charge is -2.24. The fourth-order valence-electron chi connectivity index (χ4n) is 5.56. The van der Waals surface area contributed by atoms with E-state index in [0.29, 0.717) is 19.1 Å². The van der Waals surface area contributed by atoms with Crippen LogP contribution >= 0.6 is 14.9 Å². The van der Waals surface area contributed by atoms with Crippen LogP contribution in [0.3, 0.4) is 0 Å². The third kappa shape index (κ3) is 30.8. The van der Waals surface area contributed by atoms with E-state index in [1.807, 2.05) is 0 Å². The molecular formula is C34H73IO3P2. The largest absolute Gasteiger partial charge is 1.00 e. The predicted molar refractivity (Wildman–Crippen MR) is 180 cm³/mol. The molecular weight excluding hydrogens is 645 g/mol. The van der Waals surface area contributed by atoms with E-state index >= 15 is 0 Å². The Kier molecular flexibility index (Phi) is 34.5. The van der Waals surface area contributed by atoms with Gasteiger partial charge < -0.3 is 33.0 Å². The molecule has 0 spiro atoms. The molecule has 0 aromatic heterocycles. The lowest BCUT2D eigenvalue weighted by molar-refractivity contribution is -0.0000137. The average molecular weight is 719 g/mol. The molecule has 0 bridgehead atoms. The third-order valence-electron chi connectivity index (χ3n) is 7.96. The van der Waals surface area contributed by atoms with Gasteiger partial charge in [-0.3, -0.25) is 4.57 Å². The van der Waals surface area contributed by atoms with Crippen LogP contribution in [0.4, 0.5) is 0 Å². The van der Waals surface area contributed by atoms with Crippen molar-refractivity contribution in [3.8, 4) is 0 Å². The van der Waals surface area contributed by atoms with Crippen molar-refractivity contribution in [1.29, 1.82) is 0 Å². The second kappa shape index (κ2) is 31.7. The minimum Gasteiger partial charge on any atom is -1.00 e. The van der Waals surface area contributed by atoms with Gasteiger partial charge in [-0.2, -0.15) is 0 Å². The third-order valence-corrected chi connectivity index (χ3v) is 15.2. The molecule has 0 atom stereocenters. The molecule has 6 heteroatoms. The predicted octanol–water partition coefficient (Wildman–Crippen LogP) is 10.3. The van der Waals surface area contributed by atoms with E-state index in [1.54, 1.807) is 0 Å². The van der Waals surface area contributed by atoms with Crippen LogP contribution in [0.2, 0.25) is 0 Å². The minimum absolute atomic E-state index is 0. The van der Waals surface area contributed by atoms with Gasteiger partial charge in [0.05, 0.1) is 19.4 Å². The SMILES string of the molecule is CCCCCCCCCCCCCCOP(=O)(C[P+](C)(C)CCC)OCCCCCCCCCCCCCC.[I-]. The molecule has 0 N–H and O–H groups in total. The summed E-state index contributed by atoms with van der Waals surface area (Å²) in [5.41, 5.74) is 0. The maximum absolute atomic E-state index is 13.7. The first-order chi connectivity index (χ1) is 18.9. The highest BCUT2D eigenvalue weighted by Crippen LogP contribution is 2.66. The summed E-state index contributed by atoms with van der Waals surface area (Å²) in [6.45, 7) is 12.6. The zero-order valence-electron chi connectivity index (χ0n) is 28.0. The van der Waals surface area contributed by atoms with Crippen molar-refractivity contribution in [3.05, 3.63) is 0 Å². The van der Waals surface area contributed by atoms with Crippen LogP contribution in [0.25, 0.3) is 0 Å². The van der Waals surface area contributed by atoms with Gasteiger partial charge in [-0.05, 0) is 19.3 Å². The van der Waals surface area contributed by atoms with Gasteiger partial charge in [-0.25, -0.2) is 0 Å². The number of hydrogen-bond acceptors (Lipinski definition) is 3. The van der Waals surface area contributed by atoms with Crippen LogP contribution < -0.4 is 24.0 Å². The Balaban J connectivity index is 0. The Bertz CT molecular complexity index is 511. The van der Waals surface area contributed by atoms with Gasteiger partial charge in [-0.1, -0.05) is 162 Å². The summed E-state index contributed by atoms with van der Waals surface area (Å²) >= 11 is 0. The van der Waals surface area contributed by atoms with Crippen molar-refractivity contribution in [3.63, 3.8) is 0 Å². The van der Waals surface area contributed by atoms with Crippen molar-refractivity contribution < 1.29 is 37.6 Å². The standard InChI is InChI=1S/C34H73O3P2.HI/c1-6-9-11-13-15-17-19-21-23-25-27-29-31-36-39(35,34-38(4,5)33-8-3)37-32-30-28-26-24-22-20-18-16-14-12-10-7-2;/h6-34H2,1-5H3;1H/q+1;/p-1. The highest BCUT2D eigenvalue weighted by Gasteiger charge is 2.38. The van der Waals surface area contributed by atoms with Crippen molar-refractivity contribution >= 4 is 14.9 Å². The maximum Gasteiger partial charge on any atom is 0.367 e. The summed E-state index contributed by atoms with van der Waals surface area (Å²) in [5.74, 6) is 0.657. The summed E-state index contributed by atoms with van der Waals surface area (Å²) in [6, 6.07) is 0. The van der Waals surface area contributed by atoms with Gasteiger partial charge in [0.15, 0.2) is 5.90 Å². The molecule has 0 fully saturated rings. The highest BCUT2D eigenvalue weighted by molar-refractivity contribution is 7.83. The Morgan fingerprint density at radius 1 is 0.450 bits per heavy atom. The van der Waals surface area contributed by atoms with Crippen LogP contribution in [-0.4, -0.2) is 38.6 Å². The van der Waals surface area contributed by atoms with Crippen LogP contribution in [0, 0.1) is 0 Å². The summed E-state index contributed by atoms with van der Waals surface area (Å²) in [4.78, 5) is 0. The van der Waals surface area contributed by atoms with E-state index in [1.165, 1.54) is 147 Å². The molecule has 0 rings (SSSR count). The molecule has 0 saturated heterocycles. The quantitative estimate of drug-likeness (QED) is 0.0395. The molecule has 0 aliphatic carbocycles. The van der Waals surface area contributed by atoms with Gasteiger partial charge in [0.25, 0.3) is 0 Å². The first-order valence-corrected chi connectivity index (χ1v) is 22.4. The smallest absolute Gasteiger partial charge is 0.367 e. The molecule has 0 aromatic carbocycles. The van der Waals surface area contributed by atoms with E-state index in [-0.39, 0.29) is 24.0 Å². The number of unbranched alkanes of at least 4 members (excludes halogenated alkanes) is 22. The lowest BCUT2D eigenvalue weighted by Crippen LogP contribution is -3.00. The van der Waals surface area contributed by atoms with Gasteiger partial charge >= 0.3 is 7.60 Å². The van der Waals surface area contributed by atoms with Crippen LogP contribution in [0.15, 0.2) is 0 Å². The zero-order valence-corrected chi connectivity index (χ0v) is 31.9. The summed E-state index contributed by atoms with van der Waals surface area (Å²) in [6.07, 6.45) is 34.2. The molecule has 0 unspecified atom stereocenters. The fourth-order valence-corrected chi connectivity index (χ4v) is 12.6. The second-order valence-electron chi connectivity index (χ2n) is 12.9. The number of rotatable bonds is 32. The maximum atomic E-state index is 13.7.